The second kappa shape index (κ2) is 6.95. The number of nitrogens with one attached hydrogen (secondary N) is 3. The topological polar surface area (TPSA) is 126 Å². The molecule has 4 aromatic rings. The number of anilines is 1. The quantitative estimate of drug-likeness (QED) is 0.497. The molecule has 1 amide bonds. The number of para-hydroxylation sites is 2. The number of amides is 1. The van der Waals surface area contributed by atoms with Crippen molar-refractivity contribution >= 4 is 22.6 Å². The number of pyridine rings is 1. The van der Waals surface area contributed by atoms with Gasteiger partial charge in [-0.2, -0.15) is 0 Å². The van der Waals surface area contributed by atoms with Crippen LogP contribution in [0.25, 0.3) is 22.4 Å². The zero-order chi connectivity index (χ0) is 19.7. The maximum atomic E-state index is 12.3. The predicted molar refractivity (Wildman–Crippen MR) is 104 cm³/mol. The number of nitrogens with zero attached hydrogens (tertiary/aromatic N) is 3. The van der Waals surface area contributed by atoms with Crippen molar-refractivity contribution in [3.8, 4) is 11.4 Å². The smallest absolute Gasteiger partial charge is 0.328 e. The Kier molecular flexibility index (Phi) is 4.32. The molecule has 0 aliphatic heterocycles. The SMILES string of the molecule is Cc1cn(CC(=O)Nc2cncc(-c3nc4ccccc4[nH]3)c2)c(=O)[nH]c1=O. The number of carbonyl (C=O) groups is 1. The number of aromatic amines is 2. The number of hydrogen-bond donors (Lipinski definition) is 3. The Balaban J connectivity index is 1.55. The lowest BCUT2D eigenvalue weighted by atomic mass is 10.2. The Morgan fingerprint density at radius 1 is 1.18 bits per heavy atom. The first-order chi connectivity index (χ1) is 13.5. The normalized spacial score (nSPS) is 10.9. The molecule has 0 aliphatic rings. The van der Waals surface area contributed by atoms with Crippen LogP contribution < -0.4 is 16.6 Å². The van der Waals surface area contributed by atoms with Gasteiger partial charge in [-0.05, 0) is 25.1 Å². The van der Waals surface area contributed by atoms with Crippen molar-refractivity contribution in [3.05, 3.63) is 75.3 Å². The molecule has 3 N–H and O–H groups in total. The van der Waals surface area contributed by atoms with Crippen molar-refractivity contribution in [2.45, 2.75) is 13.5 Å². The van der Waals surface area contributed by atoms with Crippen molar-refractivity contribution in [1.29, 1.82) is 0 Å². The Hall–Kier alpha value is -4.01. The molecule has 3 aromatic heterocycles. The molecule has 9 nitrogen and oxygen atoms in total. The van der Waals surface area contributed by atoms with Crippen LogP contribution in [0.3, 0.4) is 0 Å². The lowest BCUT2D eigenvalue weighted by Crippen LogP contribution is -2.34. The zero-order valence-corrected chi connectivity index (χ0v) is 14.9. The molecular weight excluding hydrogens is 360 g/mol. The van der Waals surface area contributed by atoms with E-state index in [2.05, 4.69) is 25.3 Å². The van der Waals surface area contributed by atoms with Crippen molar-refractivity contribution in [2.75, 3.05) is 5.32 Å². The fraction of sp³-hybridized carbons (Fsp3) is 0.105. The van der Waals surface area contributed by atoms with Gasteiger partial charge in [0, 0.05) is 23.5 Å². The van der Waals surface area contributed by atoms with E-state index in [0.717, 1.165) is 15.6 Å². The van der Waals surface area contributed by atoms with E-state index >= 15 is 0 Å². The summed E-state index contributed by atoms with van der Waals surface area (Å²) in [4.78, 5) is 49.6. The van der Waals surface area contributed by atoms with Crippen LogP contribution >= 0.6 is 0 Å². The summed E-state index contributed by atoms with van der Waals surface area (Å²) in [6.45, 7) is 1.33. The monoisotopic (exact) mass is 376 g/mol. The van der Waals surface area contributed by atoms with Gasteiger partial charge in [0.25, 0.3) is 5.56 Å². The average Bonchev–Trinajstić information content (AvgIpc) is 3.10. The minimum absolute atomic E-state index is 0.231. The minimum Gasteiger partial charge on any atom is -0.338 e. The van der Waals surface area contributed by atoms with E-state index in [0.29, 0.717) is 22.6 Å². The van der Waals surface area contributed by atoms with E-state index in [4.69, 9.17) is 0 Å². The number of rotatable bonds is 4. The van der Waals surface area contributed by atoms with Gasteiger partial charge in [0.05, 0.1) is 22.9 Å². The summed E-state index contributed by atoms with van der Waals surface area (Å²) in [5.74, 6) is 0.217. The van der Waals surface area contributed by atoms with Gasteiger partial charge in [-0.25, -0.2) is 9.78 Å². The Labute approximate surface area is 158 Å². The first kappa shape index (κ1) is 17.4. The molecule has 28 heavy (non-hydrogen) atoms. The molecule has 0 bridgehead atoms. The number of benzene rings is 1. The highest BCUT2D eigenvalue weighted by atomic mass is 16.2. The predicted octanol–water partition coefficient (Wildman–Crippen LogP) is 1.42. The standard InChI is InChI=1S/C19H16N6O3/c1-11-9-25(19(28)24-18(11)27)10-16(26)21-13-6-12(7-20-8-13)17-22-14-4-2-3-5-15(14)23-17/h2-9H,10H2,1H3,(H,21,26)(H,22,23)(H,24,27,28). The number of fused-ring (bicyclic) bond motifs is 1. The van der Waals surface area contributed by atoms with Gasteiger partial charge in [0.1, 0.15) is 12.4 Å². The van der Waals surface area contributed by atoms with Gasteiger partial charge >= 0.3 is 5.69 Å². The molecule has 0 unspecified atom stereocenters. The summed E-state index contributed by atoms with van der Waals surface area (Å²) < 4.78 is 1.14. The van der Waals surface area contributed by atoms with E-state index < -0.39 is 17.2 Å². The Bertz CT molecular complexity index is 1270. The molecule has 0 saturated heterocycles. The average molecular weight is 376 g/mol. The van der Waals surface area contributed by atoms with Crippen LogP contribution in [0.2, 0.25) is 0 Å². The first-order valence-electron chi connectivity index (χ1n) is 8.50. The van der Waals surface area contributed by atoms with E-state index in [9.17, 15) is 14.4 Å². The highest BCUT2D eigenvalue weighted by molar-refractivity contribution is 5.91. The summed E-state index contributed by atoms with van der Waals surface area (Å²) in [5, 5.41) is 2.70. The van der Waals surface area contributed by atoms with Crippen molar-refractivity contribution in [2.24, 2.45) is 0 Å². The number of hydrogen-bond acceptors (Lipinski definition) is 5. The second-order valence-electron chi connectivity index (χ2n) is 6.31. The Morgan fingerprint density at radius 3 is 2.82 bits per heavy atom. The van der Waals surface area contributed by atoms with E-state index in [1.165, 1.54) is 12.4 Å². The molecule has 4 rings (SSSR count). The first-order valence-corrected chi connectivity index (χ1v) is 8.50. The van der Waals surface area contributed by atoms with E-state index in [1.807, 2.05) is 24.3 Å². The third-order valence-corrected chi connectivity index (χ3v) is 4.19. The van der Waals surface area contributed by atoms with Crippen LogP contribution in [0.4, 0.5) is 5.69 Å². The number of aromatic nitrogens is 5. The molecule has 9 heteroatoms. The summed E-state index contributed by atoms with van der Waals surface area (Å²) in [5.41, 5.74) is 2.16. The van der Waals surface area contributed by atoms with Gasteiger partial charge < -0.3 is 10.3 Å². The number of aryl methyl sites for hydroxylation is 1. The second-order valence-corrected chi connectivity index (χ2v) is 6.31. The highest BCUT2D eigenvalue weighted by Gasteiger charge is 2.10. The van der Waals surface area contributed by atoms with Gasteiger partial charge in [0.2, 0.25) is 5.91 Å². The van der Waals surface area contributed by atoms with Crippen molar-refractivity contribution in [3.63, 3.8) is 0 Å². The molecule has 0 fully saturated rings. The van der Waals surface area contributed by atoms with Crippen LogP contribution in [0.5, 0.6) is 0 Å². The van der Waals surface area contributed by atoms with Gasteiger partial charge in [-0.1, -0.05) is 12.1 Å². The van der Waals surface area contributed by atoms with Gasteiger partial charge in [-0.15, -0.1) is 0 Å². The molecule has 1 aromatic carbocycles. The van der Waals surface area contributed by atoms with Crippen LogP contribution in [0.1, 0.15) is 5.56 Å². The molecule has 0 radical (unpaired) electrons. The number of imidazole rings is 1. The molecule has 0 spiro atoms. The fourth-order valence-corrected chi connectivity index (χ4v) is 2.82. The maximum Gasteiger partial charge on any atom is 0.328 e. The summed E-state index contributed by atoms with van der Waals surface area (Å²) in [7, 11) is 0. The summed E-state index contributed by atoms with van der Waals surface area (Å²) >= 11 is 0. The van der Waals surface area contributed by atoms with Crippen LogP contribution in [0.15, 0.2) is 58.5 Å². The Morgan fingerprint density at radius 2 is 2.00 bits per heavy atom. The van der Waals surface area contributed by atoms with Crippen LogP contribution in [-0.2, 0) is 11.3 Å². The van der Waals surface area contributed by atoms with Crippen LogP contribution in [-0.4, -0.2) is 30.4 Å². The highest BCUT2D eigenvalue weighted by Crippen LogP contribution is 2.21. The summed E-state index contributed by atoms with van der Waals surface area (Å²) in [6, 6.07) is 9.39. The van der Waals surface area contributed by atoms with Crippen molar-refractivity contribution in [1.82, 2.24) is 24.5 Å². The fourth-order valence-electron chi connectivity index (χ4n) is 2.82. The zero-order valence-electron chi connectivity index (χ0n) is 14.9. The molecule has 140 valence electrons. The third kappa shape index (κ3) is 3.45. The van der Waals surface area contributed by atoms with Gasteiger partial charge in [-0.3, -0.25) is 24.1 Å². The van der Waals surface area contributed by atoms with E-state index in [1.54, 1.807) is 19.2 Å². The molecule has 3 heterocycles. The van der Waals surface area contributed by atoms with Crippen molar-refractivity contribution < 1.29 is 4.79 Å². The number of H-pyrrole nitrogens is 2. The lowest BCUT2D eigenvalue weighted by Gasteiger charge is -2.08. The largest absolute Gasteiger partial charge is 0.338 e. The minimum atomic E-state index is -0.639. The third-order valence-electron chi connectivity index (χ3n) is 4.19. The van der Waals surface area contributed by atoms with Crippen LogP contribution in [0, 0.1) is 6.92 Å². The molecular formula is C19H16N6O3. The molecule has 0 saturated carbocycles. The summed E-state index contributed by atoms with van der Waals surface area (Å²) in [6.07, 6.45) is 4.50. The lowest BCUT2D eigenvalue weighted by molar-refractivity contribution is -0.116. The molecule has 0 atom stereocenters. The molecule has 0 aliphatic carbocycles. The van der Waals surface area contributed by atoms with Gasteiger partial charge in [0.15, 0.2) is 0 Å². The van der Waals surface area contributed by atoms with E-state index in [-0.39, 0.29) is 6.54 Å². The number of carbonyl (C=O) groups excluding carboxylic acids is 1. The maximum absolute atomic E-state index is 12.3.